The van der Waals surface area contributed by atoms with Gasteiger partial charge in [0.25, 0.3) is 0 Å². The van der Waals surface area contributed by atoms with Gasteiger partial charge in [0.2, 0.25) is 5.78 Å². The average molecular weight is 274 g/mol. The lowest BCUT2D eigenvalue weighted by atomic mass is 9.95. The van der Waals surface area contributed by atoms with Gasteiger partial charge in [-0.1, -0.05) is 37.1 Å². The minimum atomic E-state index is -1.35. The highest BCUT2D eigenvalue weighted by Crippen LogP contribution is 2.30. The van der Waals surface area contributed by atoms with E-state index in [9.17, 15) is 13.8 Å². The highest BCUT2D eigenvalue weighted by molar-refractivity contribution is 7.90. The predicted molar refractivity (Wildman–Crippen MR) is 73.6 cm³/mol. The molecule has 2 aliphatic carbocycles. The Labute approximate surface area is 114 Å². The van der Waals surface area contributed by atoms with E-state index >= 15 is 0 Å². The van der Waals surface area contributed by atoms with Gasteiger partial charge in [-0.3, -0.25) is 13.8 Å². The Kier molecular flexibility index (Phi) is 3.19. The molecule has 0 bridgehead atoms. The summed E-state index contributed by atoms with van der Waals surface area (Å²) in [5, 5.41) is 0.0354. The third kappa shape index (κ3) is 2.10. The number of allylic oxidation sites excluding steroid dienone is 2. The van der Waals surface area contributed by atoms with E-state index in [2.05, 4.69) is 0 Å². The fourth-order valence-electron chi connectivity index (χ4n) is 2.72. The van der Waals surface area contributed by atoms with Gasteiger partial charge in [0, 0.05) is 22.5 Å². The molecule has 0 spiro atoms. The van der Waals surface area contributed by atoms with Gasteiger partial charge in [-0.2, -0.15) is 0 Å². The first-order valence-corrected chi connectivity index (χ1v) is 7.70. The van der Waals surface area contributed by atoms with E-state index in [-0.39, 0.29) is 21.7 Å². The zero-order valence-electron chi connectivity index (χ0n) is 10.4. The number of benzene rings is 1. The first-order valence-electron chi connectivity index (χ1n) is 6.49. The third-order valence-corrected chi connectivity index (χ3v) is 5.56. The molecule has 1 fully saturated rings. The maximum Gasteiger partial charge on any atom is 0.202 e. The van der Waals surface area contributed by atoms with Crippen LogP contribution in [0, 0.1) is 0 Å². The van der Waals surface area contributed by atoms with Crippen LogP contribution < -0.4 is 0 Å². The first-order chi connectivity index (χ1) is 9.18. The van der Waals surface area contributed by atoms with Crippen molar-refractivity contribution in [3.05, 3.63) is 46.4 Å². The van der Waals surface area contributed by atoms with E-state index in [1.807, 2.05) is 0 Å². The molecule has 2 aliphatic rings. The Hall–Kier alpha value is -1.55. The number of carbonyl (C=O) groups is 2. The molecule has 0 amide bonds. The summed E-state index contributed by atoms with van der Waals surface area (Å²) in [6.07, 6.45) is 5.16. The van der Waals surface area contributed by atoms with Crippen molar-refractivity contribution in [3.8, 4) is 0 Å². The number of hydrogen-bond donors (Lipinski definition) is 0. The Balaban J connectivity index is 1.98. The standard InChI is InChI=1S/C15H14O3S/c16-13-9-14(19(18)10-5-1-2-6-10)15(17)12-8-4-3-7-11(12)13/h3-4,7-10H,1-2,5-6H2. The van der Waals surface area contributed by atoms with Crippen molar-refractivity contribution >= 4 is 22.4 Å². The van der Waals surface area contributed by atoms with E-state index in [0.29, 0.717) is 11.1 Å². The number of carbonyl (C=O) groups excluding carboxylic acids is 2. The Morgan fingerprint density at radius 1 is 1.00 bits per heavy atom. The third-order valence-electron chi connectivity index (χ3n) is 3.74. The molecule has 1 unspecified atom stereocenters. The molecule has 0 aromatic heterocycles. The fourth-order valence-corrected chi connectivity index (χ4v) is 4.36. The first kappa shape index (κ1) is 12.5. The molecular formula is C15H14O3S. The molecule has 0 saturated heterocycles. The summed E-state index contributed by atoms with van der Waals surface area (Å²) < 4.78 is 12.4. The number of hydrogen-bond acceptors (Lipinski definition) is 3. The van der Waals surface area contributed by atoms with Crippen LogP contribution >= 0.6 is 0 Å². The molecule has 1 atom stereocenters. The number of fused-ring (bicyclic) bond motifs is 1. The van der Waals surface area contributed by atoms with Crippen LogP contribution in [0.15, 0.2) is 35.2 Å². The topological polar surface area (TPSA) is 51.2 Å². The Bertz CT molecular complexity index is 610. The lowest BCUT2D eigenvalue weighted by molar-refractivity contribution is 0.0990. The summed E-state index contributed by atoms with van der Waals surface area (Å²) in [5.74, 6) is -0.461. The highest BCUT2D eigenvalue weighted by Gasteiger charge is 2.33. The molecule has 4 heteroatoms. The molecule has 0 heterocycles. The van der Waals surface area contributed by atoms with Crippen LogP contribution in [0.1, 0.15) is 46.4 Å². The lowest BCUT2D eigenvalue weighted by Gasteiger charge is -2.17. The molecule has 98 valence electrons. The molecule has 0 aliphatic heterocycles. The molecule has 3 nitrogen and oxygen atoms in total. The summed E-state index contributed by atoms with van der Waals surface area (Å²) in [7, 11) is -1.35. The maximum absolute atomic E-state index is 12.4. The van der Waals surface area contributed by atoms with Crippen LogP contribution in [-0.2, 0) is 10.8 Å². The molecule has 0 N–H and O–H groups in total. The molecule has 19 heavy (non-hydrogen) atoms. The lowest BCUT2D eigenvalue weighted by Crippen LogP contribution is -2.24. The van der Waals surface area contributed by atoms with Gasteiger partial charge >= 0.3 is 0 Å². The van der Waals surface area contributed by atoms with Crippen molar-refractivity contribution in [2.45, 2.75) is 30.9 Å². The van der Waals surface area contributed by atoms with Gasteiger partial charge in [0.15, 0.2) is 5.78 Å². The fraction of sp³-hybridized carbons (Fsp3) is 0.333. The summed E-state index contributed by atoms with van der Waals surface area (Å²) in [4.78, 5) is 24.5. The van der Waals surface area contributed by atoms with Gasteiger partial charge in [0.1, 0.15) is 0 Å². The van der Waals surface area contributed by atoms with Crippen molar-refractivity contribution in [2.75, 3.05) is 0 Å². The molecule has 1 saturated carbocycles. The number of ketones is 2. The molecule has 1 aromatic carbocycles. The SMILES string of the molecule is O=C1C=C(S(=O)C2CCCC2)C(=O)c2ccccc21. The Morgan fingerprint density at radius 2 is 1.63 bits per heavy atom. The van der Waals surface area contributed by atoms with Gasteiger partial charge in [0.05, 0.1) is 15.7 Å². The van der Waals surface area contributed by atoms with Crippen LogP contribution in [0.5, 0.6) is 0 Å². The zero-order valence-corrected chi connectivity index (χ0v) is 11.2. The van der Waals surface area contributed by atoms with E-state index in [1.54, 1.807) is 24.3 Å². The van der Waals surface area contributed by atoms with Crippen molar-refractivity contribution in [1.82, 2.24) is 0 Å². The van der Waals surface area contributed by atoms with Gasteiger partial charge < -0.3 is 0 Å². The molecule has 3 rings (SSSR count). The number of Topliss-reactive ketones (excluding diaryl/α,β-unsaturated/α-hetero) is 1. The van der Waals surface area contributed by atoms with Crippen LogP contribution in [-0.4, -0.2) is 21.0 Å². The van der Waals surface area contributed by atoms with Crippen LogP contribution in [0.4, 0.5) is 0 Å². The van der Waals surface area contributed by atoms with Crippen LogP contribution in [0.25, 0.3) is 0 Å². The van der Waals surface area contributed by atoms with Crippen LogP contribution in [0.2, 0.25) is 0 Å². The van der Waals surface area contributed by atoms with E-state index in [4.69, 9.17) is 0 Å². The average Bonchev–Trinajstić information content (AvgIpc) is 2.96. The van der Waals surface area contributed by atoms with Crippen molar-refractivity contribution in [2.24, 2.45) is 0 Å². The van der Waals surface area contributed by atoms with Crippen LogP contribution in [0.3, 0.4) is 0 Å². The minimum absolute atomic E-state index is 0.0354. The van der Waals surface area contributed by atoms with Gasteiger partial charge in [-0.25, -0.2) is 0 Å². The van der Waals surface area contributed by atoms with Crippen molar-refractivity contribution < 1.29 is 13.8 Å². The summed E-state index contributed by atoms with van der Waals surface area (Å²) in [5.41, 5.74) is 0.802. The van der Waals surface area contributed by atoms with Crippen molar-refractivity contribution in [1.29, 1.82) is 0 Å². The smallest absolute Gasteiger partial charge is 0.202 e. The quantitative estimate of drug-likeness (QED) is 0.833. The van der Waals surface area contributed by atoms with E-state index in [1.165, 1.54) is 6.08 Å². The summed E-state index contributed by atoms with van der Waals surface area (Å²) in [6.45, 7) is 0. The summed E-state index contributed by atoms with van der Waals surface area (Å²) in [6, 6.07) is 6.73. The predicted octanol–water partition coefficient (Wildman–Crippen LogP) is 2.64. The second kappa shape index (κ2) is 4.85. The van der Waals surface area contributed by atoms with E-state index in [0.717, 1.165) is 25.7 Å². The summed E-state index contributed by atoms with van der Waals surface area (Å²) >= 11 is 0. The zero-order chi connectivity index (χ0) is 13.4. The normalized spacial score (nSPS) is 21.2. The monoisotopic (exact) mass is 274 g/mol. The molecular weight excluding hydrogens is 260 g/mol. The Morgan fingerprint density at radius 3 is 2.32 bits per heavy atom. The van der Waals surface area contributed by atoms with Gasteiger partial charge in [-0.05, 0) is 12.8 Å². The van der Waals surface area contributed by atoms with Gasteiger partial charge in [-0.15, -0.1) is 0 Å². The second-order valence-corrected chi connectivity index (χ2v) is 6.65. The molecule has 1 aromatic rings. The minimum Gasteiger partial charge on any atom is -0.289 e. The largest absolute Gasteiger partial charge is 0.289 e. The van der Waals surface area contributed by atoms with Crippen molar-refractivity contribution in [3.63, 3.8) is 0 Å². The second-order valence-electron chi connectivity index (χ2n) is 4.95. The number of rotatable bonds is 2. The maximum atomic E-state index is 12.4. The highest BCUT2D eigenvalue weighted by atomic mass is 32.2. The molecule has 0 radical (unpaired) electrons. The van der Waals surface area contributed by atoms with E-state index < -0.39 is 10.8 Å².